The van der Waals surface area contributed by atoms with E-state index in [0.29, 0.717) is 39.7 Å². The van der Waals surface area contributed by atoms with Crippen LogP contribution in [0, 0.1) is 26.6 Å². The topological polar surface area (TPSA) is 90.1 Å². The van der Waals surface area contributed by atoms with Crippen LogP contribution in [0.5, 0.6) is 5.75 Å². The average Bonchev–Trinajstić information content (AvgIpc) is 2.82. The number of halogens is 2. The fraction of sp³-hybridized carbons (Fsp3) is 0.259. The van der Waals surface area contributed by atoms with E-state index in [9.17, 15) is 14.3 Å². The third-order valence-corrected chi connectivity index (χ3v) is 6.12. The molecule has 186 valence electrons. The number of aromatic nitrogens is 4. The first-order valence-corrected chi connectivity index (χ1v) is 11.7. The van der Waals surface area contributed by atoms with Crippen LogP contribution >= 0.6 is 11.6 Å². The van der Waals surface area contributed by atoms with E-state index >= 15 is 0 Å². The molecule has 0 aliphatic heterocycles. The van der Waals surface area contributed by atoms with Crippen LogP contribution in [0.4, 0.5) is 4.39 Å². The second-order valence-corrected chi connectivity index (χ2v) is 9.51. The molecular formula is C27H26ClFN4O3. The van der Waals surface area contributed by atoms with Gasteiger partial charge in [0.2, 0.25) is 0 Å². The van der Waals surface area contributed by atoms with Crippen LogP contribution in [0.25, 0.3) is 17.1 Å². The monoisotopic (exact) mass is 508 g/mol. The lowest BCUT2D eigenvalue weighted by atomic mass is 10.0. The fourth-order valence-corrected chi connectivity index (χ4v) is 3.96. The molecule has 0 radical (unpaired) electrons. The summed E-state index contributed by atoms with van der Waals surface area (Å²) in [4.78, 5) is 26.4. The van der Waals surface area contributed by atoms with Crippen LogP contribution in [0.1, 0.15) is 42.1 Å². The van der Waals surface area contributed by atoms with Crippen molar-refractivity contribution in [1.29, 1.82) is 0 Å². The number of aryl methyl sites for hydroxylation is 3. The summed E-state index contributed by atoms with van der Waals surface area (Å²) >= 11 is 6.44. The molecule has 4 rings (SSSR count). The second kappa shape index (κ2) is 9.79. The number of pyridine rings is 4. The molecule has 7 nitrogen and oxygen atoms in total. The first-order chi connectivity index (χ1) is 17.0. The molecule has 0 amide bonds. The van der Waals surface area contributed by atoms with E-state index in [0.717, 1.165) is 11.8 Å². The van der Waals surface area contributed by atoms with Gasteiger partial charge in [-0.2, -0.15) is 0 Å². The van der Waals surface area contributed by atoms with Crippen LogP contribution in [-0.4, -0.2) is 24.6 Å². The van der Waals surface area contributed by atoms with E-state index in [1.54, 1.807) is 64.2 Å². The molecule has 0 fully saturated rings. The van der Waals surface area contributed by atoms with E-state index in [4.69, 9.17) is 16.3 Å². The Morgan fingerprint density at radius 1 is 1.06 bits per heavy atom. The third kappa shape index (κ3) is 5.15. The van der Waals surface area contributed by atoms with Gasteiger partial charge in [0.25, 0.3) is 5.56 Å². The zero-order valence-corrected chi connectivity index (χ0v) is 21.4. The standard InChI is InChI=1S/C27H26ClFN4O3/c1-15-9-18(29)13-31-21(15)14-36-23-10-17(3)33(26(34)25(23)28)22-11-20(30-12-16(22)2)19-7-6-8-24(32-19)27(4,5)35/h6-13,35H,14H2,1-5H3. The van der Waals surface area contributed by atoms with Crippen LogP contribution < -0.4 is 10.3 Å². The Kier molecular flexibility index (Phi) is 6.93. The van der Waals surface area contributed by atoms with Gasteiger partial charge in [0, 0.05) is 18.0 Å². The first-order valence-electron chi connectivity index (χ1n) is 11.3. The summed E-state index contributed by atoms with van der Waals surface area (Å²) in [6.45, 7) is 8.72. The smallest absolute Gasteiger partial charge is 0.277 e. The van der Waals surface area contributed by atoms with Gasteiger partial charge in [0.1, 0.15) is 28.8 Å². The summed E-state index contributed by atoms with van der Waals surface area (Å²) in [5, 5.41) is 10.3. The van der Waals surface area contributed by atoms with Crippen LogP contribution in [0.3, 0.4) is 0 Å². The Balaban J connectivity index is 1.72. The number of aliphatic hydroxyl groups is 1. The molecule has 4 aromatic rings. The quantitative estimate of drug-likeness (QED) is 0.384. The van der Waals surface area contributed by atoms with Crippen molar-refractivity contribution >= 4 is 11.6 Å². The third-order valence-electron chi connectivity index (χ3n) is 5.77. The molecule has 0 spiro atoms. The van der Waals surface area contributed by atoms with Crippen LogP contribution in [0.2, 0.25) is 5.02 Å². The van der Waals surface area contributed by atoms with E-state index in [1.165, 1.54) is 10.6 Å². The Labute approximate surface area is 213 Å². The van der Waals surface area contributed by atoms with Crippen molar-refractivity contribution in [2.75, 3.05) is 0 Å². The van der Waals surface area contributed by atoms with Crippen molar-refractivity contribution in [2.45, 2.75) is 46.8 Å². The molecule has 36 heavy (non-hydrogen) atoms. The van der Waals surface area contributed by atoms with Crippen molar-refractivity contribution < 1.29 is 14.2 Å². The van der Waals surface area contributed by atoms with Crippen molar-refractivity contribution in [3.8, 4) is 22.8 Å². The van der Waals surface area contributed by atoms with Crippen molar-refractivity contribution in [1.82, 2.24) is 19.5 Å². The lowest BCUT2D eigenvalue weighted by molar-refractivity contribution is 0.0740. The Hall–Kier alpha value is -3.62. The maximum atomic E-state index is 13.3. The van der Waals surface area contributed by atoms with Gasteiger partial charge in [0.15, 0.2) is 0 Å². The molecular weight excluding hydrogens is 483 g/mol. The Bertz CT molecular complexity index is 1510. The molecule has 0 aliphatic carbocycles. The van der Waals surface area contributed by atoms with Gasteiger partial charge in [-0.05, 0) is 70.0 Å². The molecule has 4 aromatic heterocycles. The highest BCUT2D eigenvalue weighted by molar-refractivity contribution is 6.31. The number of hydrogen-bond acceptors (Lipinski definition) is 6. The largest absolute Gasteiger partial charge is 0.485 e. The highest BCUT2D eigenvalue weighted by atomic mass is 35.5. The minimum atomic E-state index is -1.11. The Morgan fingerprint density at radius 3 is 2.50 bits per heavy atom. The lowest BCUT2D eigenvalue weighted by Crippen LogP contribution is -2.23. The fourth-order valence-electron chi connectivity index (χ4n) is 3.76. The van der Waals surface area contributed by atoms with Gasteiger partial charge in [-0.3, -0.25) is 19.3 Å². The SMILES string of the molecule is Cc1cnc(-c2cccc(C(C)(C)O)n2)cc1-n1c(C)cc(OCc2ncc(F)cc2C)c(Cl)c1=O. The molecule has 1 N–H and O–H groups in total. The molecule has 0 unspecified atom stereocenters. The highest BCUT2D eigenvalue weighted by Crippen LogP contribution is 2.28. The maximum absolute atomic E-state index is 13.3. The summed E-state index contributed by atoms with van der Waals surface area (Å²) in [5.74, 6) is -0.214. The predicted molar refractivity (Wildman–Crippen MR) is 136 cm³/mol. The summed E-state index contributed by atoms with van der Waals surface area (Å²) in [7, 11) is 0. The van der Waals surface area contributed by atoms with Crippen LogP contribution in [0.15, 0.2) is 53.6 Å². The van der Waals surface area contributed by atoms with Gasteiger partial charge in [0.05, 0.1) is 34.7 Å². The van der Waals surface area contributed by atoms with Gasteiger partial charge >= 0.3 is 0 Å². The van der Waals surface area contributed by atoms with E-state index in [2.05, 4.69) is 15.0 Å². The molecule has 0 aliphatic rings. The summed E-state index contributed by atoms with van der Waals surface area (Å²) in [6.07, 6.45) is 2.78. The van der Waals surface area contributed by atoms with E-state index < -0.39 is 17.0 Å². The average molecular weight is 509 g/mol. The zero-order chi connectivity index (χ0) is 26.2. The first kappa shape index (κ1) is 25.5. The molecule has 0 atom stereocenters. The highest BCUT2D eigenvalue weighted by Gasteiger charge is 2.20. The van der Waals surface area contributed by atoms with Crippen LogP contribution in [-0.2, 0) is 12.2 Å². The normalized spacial score (nSPS) is 11.6. The van der Waals surface area contributed by atoms with Crippen molar-refractivity contribution in [3.63, 3.8) is 0 Å². The number of nitrogens with zero attached hydrogens (tertiary/aromatic N) is 4. The molecule has 0 saturated carbocycles. The molecule has 9 heteroatoms. The zero-order valence-electron chi connectivity index (χ0n) is 20.6. The minimum absolute atomic E-state index is 0.0381. The maximum Gasteiger partial charge on any atom is 0.277 e. The molecule has 0 saturated heterocycles. The summed E-state index contributed by atoms with van der Waals surface area (Å²) < 4.78 is 20.6. The second-order valence-electron chi connectivity index (χ2n) is 9.13. The van der Waals surface area contributed by atoms with Gasteiger partial charge in [-0.1, -0.05) is 17.7 Å². The Morgan fingerprint density at radius 2 is 1.81 bits per heavy atom. The van der Waals surface area contributed by atoms with Crippen molar-refractivity contribution in [2.24, 2.45) is 0 Å². The van der Waals surface area contributed by atoms with Crippen molar-refractivity contribution in [3.05, 3.63) is 98.2 Å². The minimum Gasteiger partial charge on any atom is -0.485 e. The molecule has 4 heterocycles. The predicted octanol–water partition coefficient (Wildman–Crippen LogP) is 5.21. The van der Waals surface area contributed by atoms with E-state index in [1.807, 2.05) is 6.92 Å². The lowest BCUT2D eigenvalue weighted by Gasteiger charge is -2.18. The van der Waals surface area contributed by atoms with Gasteiger partial charge in [-0.15, -0.1) is 0 Å². The number of rotatable bonds is 6. The van der Waals surface area contributed by atoms with E-state index in [-0.39, 0.29) is 17.4 Å². The summed E-state index contributed by atoms with van der Waals surface area (Å²) in [6, 6.07) is 10.1. The molecule has 0 aromatic carbocycles. The summed E-state index contributed by atoms with van der Waals surface area (Å²) in [5.41, 5.74) is 3.20. The number of hydrogen-bond donors (Lipinski definition) is 1. The molecule has 0 bridgehead atoms. The van der Waals surface area contributed by atoms with Gasteiger partial charge < -0.3 is 9.84 Å². The number of ether oxygens (including phenoxy) is 1. The van der Waals surface area contributed by atoms with Gasteiger partial charge in [-0.25, -0.2) is 9.37 Å².